The standard InChI is InChI=1S/C13H14ClFN2O2/c1-7-5-17(6-9(7)12(16)18)13(19)8-3-2-4-10(14)11(8)15/h2-4,7,9H,5-6H2,1H3,(H2,16,18)/t7-,9-/m1/s1. The van der Waals surface area contributed by atoms with Crippen LogP contribution >= 0.6 is 11.6 Å². The first-order valence-corrected chi connectivity index (χ1v) is 6.32. The minimum Gasteiger partial charge on any atom is -0.369 e. The van der Waals surface area contributed by atoms with Crippen LogP contribution in [0.25, 0.3) is 0 Å². The average Bonchev–Trinajstić information content (AvgIpc) is 2.74. The molecule has 1 aliphatic rings. The fourth-order valence-corrected chi connectivity index (χ4v) is 2.52. The van der Waals surface area contributed by atoms with E-state index >= 15 is 0 Å². The van der Waals surface area contributed by atoms with Gasteiger partial charge in [-0.3, -0.25) is 9.59 Å². The smallest absolute Gasteiger partial charge is 0.256 e. The molecule has 1 saturated heterocycles. The van der Waals surface area contributed by atoms with Crippen LogP contribution in [-0.2, 0) is 4.79 Å². The van der Waals surface area contributed by atoms with Crippen LogP contribution in [0.15, 0.2) is 18.2 Å². The maximum atomic E-state index is 13.8. The summed E-state index contributed by atoms with van der Waals surface area (Å²) in [4.78, 5) is 24.9. The topological polar surface area (TPSA) is 63.4 Å². The normalized spacial score (nSPS) is 22.6. The number of benzene rings is 1. The predicted octanol–water partition coefficient (Wildman–Crippen LogP) is 1.67. The van der Waals surface area contributed by atoms with E-state index in [4.69, 9.17) is 17.3 Å². The van der Waals surface area contributed by atoms with E-state index in [1.807, 2.05) is 6.92 Å². The number of carbonyl (C=O) groups excluding carboxylic acids is 2. The summed E-state index contributed by atoms with van der Waals surface area (Å²) in [6, 6.07) is 4.28. The van der Waals surface area contributed by atoms with Crippen molar-refractivity contribution in [3.8, 4) is 0 Å². The molecule has 2 N–H and O–H groups in total. The molecule has 2 amide bonds. The van der Waals surface area contributed by atoms with Crippen LogP contribution in [0.2, 0.25) is 5.02 Å². The van der Waals surface area contributed by atoms with E-state index in [0.717, 1.165) is 0 Å². The molecule has 0 radical (unpaired) electrons. The van der Waals surface area contributed by atoms with Crippen molar-refractivity contribution in [1.82, 2.24) is 4.90 Å². The minimum atomic E-state index is -0.732. The Hall–Kier alpha value is -1.62. The molecule has 1 heterocycles. The molecule has 2 rings (SSSR count). The molecular weight excluding hydrogens is 271 g/mol. The van der Waals surface area contributed by atoms with Crippen molar-refractivity contribution in [3.05, 3.63) is 34.6 Å². The quantitative estimate of drug-likeness (QED) is 0.898. The van der Waals surface area contributed by atoms with Gasteiger partial charge in [-0.15, -0.1) is 0 Å². The Morgan fingerprint density at radius 2 is 2.11 bits per heavy atom. The maximum absolute atomic E-state index is 13.8. The third kappa shape index (κ3) is 2.56. The highest BCUT2D eigenvalue weighted by atomic mass is 35.5. The van der Waals surface area contributed by atoms with E-state index in [1.54, 1.807) is 0 Å². The number of hydrogen-bond donors (Lipinski definition) is 1. The van der Waals surface area contributed by atoms with Gasteiger partial charge >= 0.3 is 0 Å². The Labute approximate surface area is 115 Å². The summed E-state index contributed by atoms with van der Waals surface area (Å²) in [5, 5.41) is -0.0930. The van der Waals surface area contributed by atoms with Gasteiger partial charge in [-0.1, -0.05) is 24.6 Å². The van der Waals surface area contributed by atoms with Gasteiger partial charge in [-0.25, -0.2) is 4.39 Å². The van der Waals surface area contributed by atoms with Crippen LogP contribution in [0.1, 0.15) is 17.3 Å². The zero-order chi connectivity index (χ0) is 14.2. The molecule has 0 unspecified atom stereocenters. The van der Waals surface area contributed by atoms with Crippen molar-refractivity contribution in [2.75, 3.05) is 13.1 Å². The molecule has 0 spiro atoms. The number of amides is 2. The van der Waals surface area contributed by atoms with Gasteiger partial charge in [0.05, 0.1) is 16.5 Å². The number of rotatable bonds is 2. The first-order chi connectivity index (χ1) is 8.91. The van der Waals surface area contributed by atoms with Crippen LogP contribution in [0, 0.1) is 17.7 Å². The number of halogens is 2. The van der Waals surface area contributed by atoms with E-state index in [9.17, 15) is 14.0 Å². The van der Waals surface area contributed by atoms with Gasteiger partial charge in [-0.2, -0.15) is 0 Å². The largest absolute Gasteiger partial charge is 0.369 e. The van der Waals surface area contributed by atoms with Crippen molar-refractivity contribution in [1.29, 1.82) is 0 Å². The zero-order valence-corrected chi connectivity index (χ0v) is 11.2. The van der Waals surface area contributed by atoms with Crippen LogP contribution in [0.3, 0.4) is 0 Å². The van der Waals surface area contributed by atoms with Crippen LogP contribution < -0.4 is 5.73 Å². The molecule has 1 fully saturated rings. The van der Waals surface area contributed by atoms with Crippen LogP contribution in [0.4, 0.5) is 4.39 Å². The van der Waals surface area contributed by atoms with E-state index in [2.05, 4.69) is 0 Å². The molecule has 1 aromatic rings. The van der Waals surface area contributed by atoms with Crippen molar-refractivity contribution in [2.24, 2.45) is 17.6 Å². The Balaban J connectivity index is 2.22. The number of carbonyl (C=O) groups is 2. The highest BCUT2D eigenvalue weighted by molar-refractivity contribution is 6.31. The monoisotopic (exact) mass is 284 g/mol. The lowest BCUT2D eigenvalue weighted by atomic mass is 9.98. The molecule has 19 heavy (non-hydrogen) atoms. The van der Waals surface area contributed by atoms with Gasteiger partial charge in [0.15, 0.2) is 5.82 Å². The predicted molar refractivity (Wildman–Crippen MR) is 69.2 cm³/mol. The fraction of sp³-hybridized carbons (Fsp3) is 0.385. The number of primary amides is 1. The summed E-state index contributed by atoms with van der Waals surface area (Å²) < 4.78 is 13.8. The maximum Gasteiger partial charge on any atom is 0.256 e. The minimum absolute atomic E-state index is 0.0244. The summed E-state index contributed by atoms with van der Waals surface area (Å²) in [7, 11) is 0. The van der Waals surface area contributed by atoms with Crippen molar-refractivity contribution in [2.45, 2.75) is 6.92 Å². The number of nitrogens with two attached hydrogens (primary N) is 1. The summed E-state index contributed by atoms with van der Waals surface area (Å²) in [6.45, 7) is 2.46. The van der Waals surface area contributed by atoms with Gasteiger partial charge < -0.3 is 10.6 Å². The number of nitrogens with zero attached hydrogens (tertiary/aromatic N) is 1. The summed E-state index contributed by atoms with van der Waals surface area (Å²) >= 11 is 5.65. The lowest BCUT2D eigenvalue weighted by Crippen LogP contribution is -2.32. The molecule has 1 aliphatic heterocycles. The second kappa shape index (κ2) is 5.17. The molecular formula is C13H14ClFN2O2. The first-order valence-electron chi connectivity index (χ1n) is 5.94. The average molecular weight is 285 g/mol. The third-order valence-corrected chi connectivity index (χ3v) is 3.74. The molecule has 0 saturated carbocycles. The molecule has 4 nitrogen and oxygen atoms in total. The van der Waals surface area contributed by atoms with E-state index in [0.29, 0.717) is 6.54 Å². The SMILES string of the molecule is C[C@@H]1CN(C(=O)c2cccc(Cl)c2F)C[C@H]1C(N)=O. The van der Waals surface area contributed by atoms with Gasteiger partial charge in [-0.05, 0) is 18.1 Å². The van der Waals surface area contributed by atoms with Crippen molar-refractivity contribution < 1.29 is 14.0 Å². The van der Waals surface area contributed by atoms with Crippen LogP contribution in [0.5, 0.6) is 0 Å². The van der Waals surface area contributed by atoms with Crippen molar-refractivity contribution >= 4 is 23.4 Å². The highest BCUT2D eigenvalue weighted by Gasteiger charge is 2.36. The Morgan fingerprint density at radius 1 is 1.42 bits per heavy atom. The summed E-state index contributed by atoms with van der Waals surface area (Å²) in [5.74, 6) is -2.04. The summed E-state index contributed by atoms with van der Waals surface area (Å²) in [5.41, 5.74) is 5.19. The molecule has 0 aliphatic carbocycles. The highest BCUT2D eigenvalue weighted by Crippen LogP contribution is 2.26. The second-order valence-corrected chi connectivity index (χ2v) is 5.20. The first kappa shape index (κ1) is 13.8. The van der Waals surface area contributed by atoms with Gasteiger partial charge in [0, 0.05) is 13.1 Å². The van der Waals surface area contributed by atoms with Crippen LogP contribution in [-0.4, -0.2) is 29.8 Å². The van der Waals surface area contributed by atoms with E-state index in [-0.39, 0.29) is 29.0 Å². The zero-order valence-electron chi connectivity index (χ0n) is 10.4. The molecule has 2 atom stereocenters. The number of likely N-dealkylation sites (tertiary alicyclic amines) is 1. The Kier molecular flexibility index (Phi) is 3.75. The fourth-order valence-electron chi connectivity index (χ4n) is 2.34. The molecule has 6 heteroatoms. The van der Waals surface area contributed by atoms with Crippen molar-refractivity contribution in [3.63, 3.8) is 0 Å². The molecule has 0 bridgehead atoms. The second-order valence-electron chi connectivity index (χ2n) is 4.80. The van der Waals surface area contributed by atoms with Gasteiger partial charge in [0.1, 0.15) is 0 Å². The molecule has 0 aromatic heterocycles. The number of hydrogen-bond acceptors (Lipinski definition) is 2. The Morgan fingerprint density at radius 3 is 2.68 bits per heavy atom. The Bertz CT molecular complexity index is 535. The third-order valence-electron chi connectivity index (χ3n) is 3.45. The van der Waals surface area contributed by atoms with Gasteiger partial charge in [0.25, 0.3) is 5.91 Å². The lowest BCUT2D eigenvalue weighted by Gasteiger charge is -2.16. The van der Waals surface area contributed by atoms with Gasteiger partial charge in [0.2, 0.25) is 5.91 Å². The van der Waals surface area contributed by atoms with E-state index < -0.39 is 17.6 Å². The lowest BCUT2D eigenvalue weighted by molar-refractivity contribution is -0.122. The summed E-state index contributed by atoms with van der Waals surface area (Å²) in [6.07, 6.45) is 0. The molecule has 1 aromatic carbocycles. The van der Waals surface area contributed by atoms with E-state index in [1.165, 1.54) is 23.1 Å². The molecule has 102 valence electrons.